The number of sulfonamides is 1. The van der Waals surface area contributed by atoms with Crippen LogP contribution in [0.15, 0.2) is 58.1 Å². The first-order chi connectivity index (χ1) is 12.0. The van der Waals surface area contributed by atoms with Crippen molar-refractivity contribution in [2.45, 2.75) is 31.2 Å². The lowest BCUT2D eigenvalue weighted by atomic mass is 10.2. The summed E-state index contributed by atoms with van der Waals surface area (Å²) in [6.45, 7) is 2.80. The van der Waals surface area contributed by atoms with E-state index < -0.39 is 10.0 Å². The predicted molar refractivity (Wildman–Crippen MR) is 96.1 cm³/mol. The lowest BCUT2D eigenvalue weighted by Gasteiger charge is -2.05. The summed E-state index contributed by atoms with van der Waals surface area (Å²) in [6.07, 6.45) is 6.54. The molecule has 0 saturated carbocycles. The largest absolute Gasteiger partial charge is 0.468 e. The SMILES string of the molecule is CCCCNC(=O)/C=C/c1ccc(S(=O)(=O)NCc2ccco2)cc1. The number of hydrogen-bond acceptors (Lipinski definition) is 4. The summed E-state index contributed by atoms with van der Waals surface area (Å²) < 4.78 is 32.0. The van der Waals surface area contributed by atoms with E-state index in [1.54, 1.807) is 30.3 Å². The zero-order valence-corrected chi connectivity index (χ0v) is 14.9. The molecule has 134 valence electrons. The van der Waals surface area contributed by atoms with Crippen LogP contribution in [0.1, 0.15) is 31.1 Å². The number of carbonyl (C=O) groups excluding carboxylic acids is 1. The number of furan rings is 1. The number of unbranched alkanes of at least 4 members (excludes halogenated alkanes) is 1. The third kappa shape index (κ3) is 6.21. The molecular weight excluding hydrogens is 340 g/mol. The molecule has 0 radical (unpaired) electrons. The summed E-state index contributed by atoms with van der Waals surface area (Å²) in [6, 6.07) is 9.69. The van der Waals surface area contributed by atoms with Crippen molar-refractivity contribution in [3.8, 4) is 0 Å². The minimum absolute atomic E-state index is 0.0922. The van der Waals surface area contributed by atoms with E-state index in [-0.39, 0.29) is 17.3 Å². The highest BCUT2D eigenvalue weighted by Crippen LogP contribution is 2.12. The smallest absolute Gasteiger partial charge is 0.243 e. The highest BCUT2D eigenvalue weighted by Gasteiger charge is 2.13. The van der Waals surface area contributed by atoms with Crippen LogP contribution in [-0.2, 0) is 21.4 Å². The standard InChI is InChI=1S/C18H22N2O4S/c1-2-3-12-19-18(21)11-8-15-6-9-17(10-7-15)25(22,23)20-14-16-5-4-13-24-16/h4-11,13,20H,2-3,12,14H2,1H3,(H,19,21)/b11-8+. The van der Waals surface area contributed by atoms with Crippen molar-refractivity contribution in [3.05, 3.63) is 60.1 Å². The molecule has 0 atom stereocenters. The minimum atomic E-state index is -3.61. The van der Waals surface area contributed by atoms with Gasteiger partial charge in [-0.1, -0.05) is 25.5 Å². The van der Waals surface area contributed by atoms with Gasteiger partial charge in [0.2, 0.25) is 15.9 Å². The summed E-state index contributed by atoms with van der Waals surface area (Å²) in [5.41, 5.74) is 0.746. The van der Waals surface area contributed by atoms with Gasteiger partial charge in [-0.3, -0.25) is 4.79 Å². The van der Waals surface area contributed by atoms with Gasteiger partial charge in [-0.15, -0.1) is 0 Å². The van der Waals surface area contributed by atoms with Crippen LogP contribution in [0.4, 0.5) is 0 Å². The van der Waals surface area contributed by atoms with Gasteiger partial charge in [0.25, 0.3) is 0 Å². The van der Waals surface area contributed by atoms with Crippen molar-refractivity contribution in [1.29, 1.82) is 0 Å². The molecule has 1 heterocycles. The van der Waals surface area contributed by atoms with E-state index >= 15 is 0 Å². The van der Waals surface area contributed by atoms with Crippen molar-refractivity contribution in [1.82, 2.24) is 10.0 Å². The Morgan fingerprint density at radius 3 is 2.60 bits per heavy atom. The van der Waals surface area contributed by atoms with Crippen LogP contribution in [0, 0.1) is 0 Å². The van der Waals surface area contributed by atoms with Crippen LogP contribution >= 0.6 is 0 Å². The maximum absolute atomic E-state index is 12.2. The number of rotatable bonds is 9. The van der Waals surface area contributed by atoms with E-state index in [9.17, 15) is 13.2 Å². The van der Waals surface area contributed by atoms with Crippen LogP contribution in [0.25, 0.3) is 6.08 Å². The van der Waals surface area contributed by atoms with Crippen molar-refractivity contribution in [2.75, 3.05) is 6.54 Å². The molecule has 1 aromatic carbocycles. The second kappa shape index (κ2) is 9.19. The molecule has 0 saturated heterocycles. The number of carbonyl (C=O) groups is 1. The van der Waals surface area contributed by atoms with Crippen molar-refractivity contribution in [3.63, 3.8) is 0 Å². The average Bonchev–Trinajstić information content (AvgIpc) is 3.12. The van der Waals surface area contributed by atoms with Gasteiger partial charge in [0.15, 0.2) is 0 Å². The van der Waals surface area contributed by atoms with Crippen LogP contribution < -0.4 is 10.0 Å². The molecule has 0 fully saturated rings. The Bertz CT molecular complexity index is 794. The number of benzene rings is 1. The topological polar surface area (TPSA) is 88.4 Å². The van der Waals surface area contributed by atoms with Gasteiger partial charge in [-0.25, -0.2) is 13.1 Å². The zero-order valence-electron chi connectivity index (χ0n) is 14.1. The first-order valence-electron chi connectivity index (χ1n) is 8.09. The zero-order chi connectivity index (χ0) is 18.1. The Morgan fingerprint density at radius 1 is 1.20 bits per heavy atom. The fourth-order valence-corrected chi connectivity index (χ4v) is 3.03. The lowest BCUT2D eigenvalue weighted by molar-refractivity contribution is -0.116. The molecule has 1 aromatic heterocycles. The average molecular weight is 362 g/mol. The van der Waals surface area contributed by atoms with E-state index in [0.29, 0.717) is 12.3 Å². The first kappa shape index (κ1) is 19.0. The molecule has 25 heavy (non-hydrogen) atoms. The highest BCUT2D eigenvalue weighted by molar-refractivity contribution is 7.89. The van der Waals surface area contributed by atoms with E-state index in [4.69, 9.17) is 4.42 Å². The molecule has 7 heteroatoms. The van der Waals surface area contributed by atoms with Gasteiger partial charge in [0, 0.05) is 12.6 Å². The summed E-state index contributed by atoms with van der Waals surface area (Å²) in [7, 11) is -3.61. The van der Waals surface area contributed by atoms with E-state index in [2.05, 4.69) is 17.0 Å². The molecule has 0 aliphatic heterocycles. The van der Waals surface area contributed by atoms with Crippen molar-refractivity contribution < 1.29 is 17.6 Å². The molecule has 2 rings (SSSR count). The van der Waals surface area contributed by atoms with Crippen LogP contribution in [0.2, 0.25) is 0 Å². The summed E-state index contributed by atoms with van der Waals surface area (Å²) in [4.78, 5) is 11.8. The van der Waals surface area contributed by atoms with Gasteiger partial charge in [0.1, 0.15) is 5.76 Å². The second-order valence-electron chi connectivity index (χ2n) is 5.45. The van der Waals surface area contributed by atoms with Gasteiger partial charge in [-0.2, -0.15) is 0 Å². The van der Waals surface area contributed by atoms with Gasteiger partial charge >= 0.3 is 0 Å². The molecule has 0 spiro atoms. The normalized spacial score (nSPS) is 11.7. The molecular formula is C18H22N2O4S. The van der Waals surface area contributed by atoms with Crippen molar-refractivity contribution in [2.24, 2.45) is 0 Å². The fourth-order valence-electron chi connectivity index (χ4n) is 2.04. The Morgan fingerprint density at radius 2 is 1.96 bits per heavy atom. The third-order valence-electron chi connectivity index (χ3n) is 3.46. The van der Waals surface area contributed by atoms with Crippen LogP contribution in [0.5, 0.6) is 0 Å². The maximum atomic E-state index is 12.2. The van der Waals surface area contributed by atoms with E-state index in [1.807, 2.05) is 0 Å². The Kier molecular flexibility index (Phi) is 6.97. The number of nitrogens with one attached hydrogen (secondary N) is 2. The summed E-state index contributed by atoms with van der Waals surface area (Å²) >= 11 is 0. The predicted octanol–water partition coefficient (Wildman–Crippen LogP) is 2.69. The maximum Gasteiger partial charge on any atom is 0.243 e. The van der Waals surface area contributed by atoms with Crippen LogP contribution in [0.3, 0.4) is 0 Å². The molecule has 0 aliphatic carbocycles. The Balaban J connectivity index is 1.93. The fraction of sp³-hybridized carbons (Fsp3) is 0.278. The molecule has 0 unspecified atom stereocenters. The molecule has 0 aliphatic rings. The van der Waals surface area contributed by atoms with Crippen molar-refractivity contribution >= 4 is 22.0 Å². The van der Waals surface area contributed by atoms with Crippen LogP contribution in [-0.4, -0.2) is 20.9 Å². The molecule has 6 nitrogen and oxygen atoms in total. The summed E-state index contributed by atoms with van der Waals surface area (Å²) in [5.74, 6) is 0.377. The molecule has 0 bridgehead atoms. The summed E-state index contributed by atoms with van der Waals surface area (Å²) in [5, 5.41) is 2.78. The molecule has 2 aromatic rings. The second-order valence-corrected chi connectivity index (χ2v) is 7.22. The molecule has 1 amide bonds. The number of hydrogen-bond donors (Lipinski definition) is 2. The van der Waals surface area contributed by atoms with Gasteiger partial charge in [0.05, 0.1) is 17.7 Å². The monoisotopic (exact) mass is 362 g/mol. The first-order valence-corrected chi connectivity index (χ1v) is 9.57. The van der Waals surface area contributed by atoms with Gasteiger partial charge < -0.3 is 9.73 Å². The Hall–Kier alpha value is -2.38. The quantitative estimate of drug-likeness (QED) is 0.530. The lowest BCUT2D eigenvalue weighted by Crippen LogP contribution is -2.23. The third-order valence-corrected chi connectivity index (χ3v) is 4.88. The van der Waals surface area contributed by atoms with E-state index in [1.165, 1.54) is 24.5 Å². The van der Waals surface area contributed by atoms with Gasteiger partial charge in [-0.05, 0) is 42.3 Å². The molecule has 2 N–H and O–H groups in total. The minimum Gasteiger partial charge on any atom is -0.468 e. The number of amides is 1. The van der Waals surface area contributed by atoms with E-state index in [0.717, 1.165) is 18.4 Å². The highest BCUT2D eigenvalue weighted by atomic mass is 32.2. The Labute approximate surface area is 148 Å².